The van der Waals surface area contributed by atoms with Gasteiger partial charge in [-0.05, 0) is 41.0 Å². The summed E-state index contributed by atoms with van der Waals surface area (Å²) in [5.41, 5.74) is 1.30. The van der Waals surface area contributed by atoms with Gasteiger partial charge in [0.15, 0.2) is 0 Å². The molecule has 6 nitrogen and oxygen atoms in total. The molecule has 3 aromatic rings. The maximum Gasteiger partial charge on any atom is 0.296 e. The fourth-order valence-electron chi connectivity index (χ4n) is 3.96. The van der Waals surface area contributed by atoms with E-state index in [2.05, 4.69) is 0 Å². The summed E-state index contributed by atoms with van der Waals surface area (Å²) in [5.74, 6) is 0.0365. The lowest BCUT2D eigenvalue weighted by Crippen LogP contribution is -2.12. The first kappa shape index (κ1) is 28.0. The fraction of sp³-hybridized carbons (Fsp3) is 0.0714. The molecule has 2 N–H and O–H groups in total. The molecule has 0 heterocycles. The van der Waals surface area contributed by atoms with Gasteiger partial charge in [0.1, 0.15) is 9.79 Å². The van der Waals surface area contributed by atoms with Crippen LogP contribution in [-0.4, -0.2) is 25.9 Å². The molecule has 1 aliphatic carbocycles. The molecule has 0 amide bonds. The zero-order chi connectivity index (χ0) is 27.6. The Morgan fingerprint density at radius 3 is 1.55 bits per heavy atom. The number of hydrogen-bond acceptors (Lipinski definition) is 4. The smallest absolute Gasteiger partial charge is 0.282 e. The summed E-state index contributed by atoms with van der Waals surface area (Å²) in [4.78, 5) is -0.799. The van der Waals surface area contributed by atoms with Crippen LogP contribution in [0.25, 0.3) is 12.2 Å². The van der Waals surface area contributed by atoms with E-state index in [1.807, 2.05) is 66.8 Å². The molecule has 0 spiro atoms. The highest BCUT2D eigenvalue weighted by atomic mass is 35.5. The molecule has 0 aromatic heterocycles. The van der Waals surface area contributed by atoms with Crippen LogP contribution in [0.1, 0.15) is 22.6 Å². The minimum absolute atomic E-state index is 0.0365. The summed E-state index contributed by atoms with van der Waals surface area (Å²) in [6.07, 6.45) is 15.0. The van der Waals surface area contributed by atoms with Crippen LogP contribution in [0.15, 0.2) is 113 Å². The Morgan fingerprint density at radius 2 is 1.13 bits per heavy atom. The highest BCUT2D eigenvalue weighted by Crippen LogP contribution is 2.36. The number of hydrogen-bond donors (Lipinski definition) is 2. The van der Waals surface area contributed by atoms with Gasteiger partial charge in [0.2, 0.25) is 0 Å². The van der Waals surface area contributed by atoms with Crippen molar-refractivity contribution in [2.45, 2.75) is 15.7 Å². The zero-order valence-corrected chi connectivity index (χ0v) is 22.8. The van der Waals surface area contributed by atoms with E-state index in [-0.39, 0.29) is 16.0 Å². The van der Waals surface area contributed by atoms with E-state index in [0.29, 0.717) is 11.1 Å². The second-order valence-corrected chi connectivity index (χ2v) is 12.2. The molecule has 0 saturated carbocycles. The van der Waals surface area contributed by atoms with Crippen molar-refractivity contribution in [1.82, 2.24) is 0 Å². The van der Waals surface area contributed by atoms with Crippen LogP contribution in [-0.2, 0) is 20.2 Å². The molecule has 0 unspecified atom stereocenters. The first-order valence-corrected chi connectivity index (χ1v) is 14.9. The van der Waals surface area contributed by atoms with E-state index in [4.69, 9.17) is 23.2 Å². The molecular weight excluding hydrogens is 567 g/mol. The number of benzene rings is 3. The van der Waals surface area contributed by atoms with Crippen molar-refractivity contribution in [3.63, 3.8) is 0 Å². The van der Waals surface area contributed by atoms with Crippen molar-refractivity contribution in [3.8, 4) is 0 Å². The topological polar surface area (TPSA) is 109 Å². The van der Waals surface area contributed by atoms with Crippen molar-refractivity contribution < 1.29 is 25.9 Å². The molecule has 0 atom stereocenters. The summed E-state index contributed by atoms with van der Waals surface area (Å²) >= 11 is 11.9. The Bertz CT molecular complexity index is 1580. The van der Waals surface area contributed by atoms with Crippen LogP contribution in [0.2, 0.25) is 10.0 Å². The largest absolute Gasteiger partial charge is 0.296 e. The van der Waals surface area contributed by atoms with Gasteiger partial charge in [0, 0.05) is 11.3 Å². The van der Waals surface area contributed by atoms with Gasteiger partial charge in [-0.1, -0.05) is 114 Å². The van der Waals surface area contributed by atoms with E-state index >= 15 is 0 Å². The standard InChI is InChI=1S/C28H22Cl2O6S2/c29-24-8-6-20(18-26(24)37(31,32)33)10-14-28(16-12-23(13-17-28)22-4-2-1-3-5-22)15-11-21-7-9-25(30)27(19-21)38(34,35)36/h1-19,23H,(H,31,32,33)(H,34,35,36)/b14-10+,15-11+. The second-order valence-electron chi connectivity index (χ2n) is 8.65. The Morgan fingerprint density at radius 1 is 0.684 bits per heavy atom. The van der Waals surface area contributed by atoms with Gasteiger partial charge in [-0.2, -0.15) is 16.8 Å². The van der Waals surface area contributed by atoms with E-state index in [1.165, 1.54) is 24.3 Å². The minimum Gasteiger partial charge on any atom is -0.282 e. The third kappa shape index (κ3) is 6.71. The Kier molecular flexibility index (Phi) is 8.13. The first-order valence-electron chi connectivity index (χ1n) is 11.2. The summed E-state index contributed by atoms with van der Waals surface area (Å²) < 4.78 is 65.6. The van der Waals surface area contributed by atoms with Crippen LogP contribution < -0.4 is 0 Å². The van der Waals surface area contributed by atoms with Crippen molar-refractivity contribution in [3.05, 3.63) is 130 Å². The van der Waals surface area contributed by atoms with Crippen molar-refractivity contribution in [2.24, 2.45) is 5.41 Å². The summed E-state index contributed by atoms with van der Waals surface area (Å²) in [7, 11) is -9.01. The summed E-state index contributed by atoms with van der Waals surface area (Å²) in [5, 5.41) is -0.195. The number of allylic oxidation sites excluding steroid dienone is 6. The third-order valence-corrected chi connectivity index (χ3v) is 8.63. The molecular formula is C28H22Cl2O6S2. The highest BCUT2D eigenvalue weighted by molar-refractivity contribution is 7.86. The lowest BCUT2D eigenvalue weighted by Gasteiger charge is -2.25. The zero-order valence-electron chi connectivity index (χ0n) is 19.6. The summed E-state index contributed by atoms with van der Waals surface area (Å²) in [6.45, 7) is 0. The molecule has 1 aliphatic rings. The Labute approximate surface area is 231 Å². The highest BCUT2D eigenvalue weighted by Gasteiger charge is 2.23. The van der Waals surface area contributed by atoms with Gasteiger partial charge in [-0.3, -0.25) is 9.11 Å². The molecule has 3 aromatic carbocycles. The lowest BCUT2D eigenvalue weighted by molar-refractivity contribution is 0.481. The maximum absolute atomic E-state index is 11.7. The van der Waals surface area contributed by atoms with E-state index < -0.39 is 35.4 Å². The average Bonchev–Trinajstić information content (AvgIpc) is 2.87. The van der Waals surface area contributed by atoms with Crippen LogP contribution in [0.4, 0.5) is 0 Å². The Hall–Kier alpha value is -2.98. The van der Waals surface area contributed by atoms with Crippen molar-refractivity contribution >= 4 is 55.6 Å². The maximum atomic E-state index is 11.7. The molecule has 0 saturated heterocycles. The van der Waals surface area contributed by atoms with Gasteiger partial charge in [0.25, 0.3) is 20.2 Å². The average molecular weight is 590 g/mol. The van der Waals surface area contributed by atoms with Gasteiger partial charge < -0.3 is 0 Å². The lowest BCUT2D eigenvalue weighted by atomic mass is 9.79. The SMILES string of the molecule is O=S(=O)(O)c1cc(/C=C/C2(/C=C/c3ccc(Cl)c(S(=O)(=O)O)c3)C=CC(c3ccccc3)C=C2)ccc1Cl. The van der Waals surface area contributed by atoms with E-state index in [9.17, 15) is 25.9 Å². The van der Waals surface area contributed by atoms with Crippen LogP contribution in [0.5, 0.6) is 0 Å². The number of rotatable bonds is 7. The second kappa shape index (κ2) is 11.0. The molecule has 0 radical (unpaired) electrons. The normalized spacial score (nSPS) is 16.0. The van der Waals surface area contributed by atoms with Crippen LogP contribution in [0, 0.1) is 5.41 Å². The molecule has 0 aliphatic heterocycles. The molecule has 196 valence electrons. The quantitative estimate of drug-likeness (QED) is 0.225. The van der Waals surface area contributed by atoms with Gasteiger partial charge in [0.05, 0.1) is 10.0 Å². The van der Waals surface area contributed by atoms with Crippen LogP contribution in [0.3, 0.4) is 0 Å². The molecule has 0 fully saturated rings. The van der Waals surface area contributed by atoms with Crippen LogP contribution >= 0.6 is 23.2 Å². The van der Waals surface area contributed by atoms with Crippen molar-refractivity contribution in [2.75, 3.05) is 0 Å². The summed E-state index contributed by atoms with van der Waals surface area (Å²) in [6, 6.07) is 18.4. The molecule has 10 heteroatoms. The van der Waals surface area contributed by atoms with Gasteiger partial charge in [-0.25, -0.2) is 0 Å². The van der Waals surface area contributed by atoms with E-state index in [0.717, 1.165) is 5.56 Å². The first-order chi connectivity index (χ1) is 17.9. The third-order valence-electron chi connectivity index (χ3n) is 5.96. The minimum atomic E-state index is -4.51. The predicted molar refractivity (Wildman–Crippen MR) is 150 cm³/mol. The monoisotopic (exact) mass is 588 g/mol. The molecule has 0 bridgehead atoms. The molecule has 4 rings (SSSR count). The van der Waals surface area contributed by atoms with Crippen molar-refractivity contribution in [1.29, 1.82) is 0 Å². The molecule has 38 heavy (non-hydrogen) atoms. The predicted octanol–water partition coefficient (Wildman–Crippen LogP) is 7.11. The fourth-order valence-corrected chi connectivity index (χ4v) is 5.98. The van der Waals surface area contributed by atoms with Gasteiger partial charge >= 0.3 is 0 Å². The van der Waals surface area contributed by atoms with E-state index in [1.54, 1.807) is 24.3 Å². The number of halogens is 2. The Balaban J connectivity index is 1.74. The van der Waals surface area contributed by atoms with Gasteiger partial charge in [-0.15, -0.1) is 0 Å².